The molecule has 19 heavy (non-hydrogen) atoms. The van der Waals surface area contributed by atoms with E-state index < -0.39 is 18.0 Å². The van der Waals surface area contributed by atoms with Crippen molar-refractivity contribution in [3.05, 3.63) is 0 Å². The minimum atomic E-state index is -1.05. The summed E-state index contributed by atoms with van der Waals surface area (Å²) in [6.45, 7) is 6.18. The molecule has 7 nitrogen and oxygen atoms in total. The number of aliphatic hydroxyl groups excluding tert-OH is 1. The minimum absolute atomic E-state index is 0.0647. The normalized spacial score (nSPS) is 12.3. The molecular weight excluding hydrogens is 252 g/mol. The van der Waals surface area contributed by atoms with Gasteiger partial charge in [0.1, 0.15) is 6.04 Å². The number of ether oxygens (including phenoxy) is 1. The summed E-state index contributed by atoms with van der Waals surface area (Å²) in [4.78, 5) is 24.3. The van der Waals surface area contributed by atoms with Crippen LogP contribution >= 0.6 is 0 Å². The number of aliphatic carboxylic acids is 1. The van der Waals surface area contributed by atoms with Crippen LogP contribution in [0, 0.1) is 0 Å². The number of nitrogens with zero attached hydrogens (tertiary/aromatic N) is 1. The summed E-state index contributed by atoms with van der Waals surface area (Å²) in [5.74, 6) is -1.05. The standard InChI is InChI=1S/C12H24N2O5/c1-4-10(11(16)17)13-12(18)14(9(2)3)5-7-19-8-6-15/h9-10,15H,4-8H2,1-3H3,(H,13,18)(H,16,17). The van der Waals surface area contributed by atoms with Crippen molar-refractivity contribution >= 4 is 12.0 Å². The van der Waals surface area contributed by atoms with Gasteiger partial charge in [0.15, 0.2) is 0 Å². The van der Waals surface area contributed by atoms with Crippen molar-refractivity contribution in [3.63, 3.8) is 0 Å². The Hall–Kier alpha value is -1.34. The first-order valence-corrected chi connectivity index (χ1v) is 6.42. The van der Waals surface area contributed by atoms with E-state index in [2.05, 4.69) is 5.32 Å². The monoisotopic (exact) mass is 276 g/mol. The summed E-state index contributed by atoms with van der Waals surface area (Å²) in [6.07, 6.45) is 0.327. The Kier molecular flexibility index (Phi) is 8.90. The van der Waals surface area contributed by atoms with Crippen molar-refractivity contribution in [2.24, 2.45) is 0 Å². The number of hydrogen-bond acceptors (Lipinski definition) is 4. The van der Waals surface area contributed by atoms with E-state index in [1.54, 1.807) is 6.92 Å². The molecule has 3 N–H and O–H groups in total. The number of carboxylic acid groups (broad SMARTS) is 1. The van der Waals surface area contributed by atoms with Crippen LogP contribution in [0.15, 0.2) is 0 Å². The van der Waals surface area contributed by atoms with Gasteiger partial charge >= 0.3 is 12.0 Å². The van der Waals surface area contributed by atoms with Crippen molar-refractivity contribution < 1.29 is 24.5 Å². The molecule has 0 aromatic rings. The van der Waals surface area contributed by atoms with Crippen molar-refractivity contribution in [2.75, 3.05) is 26.4 Å². The number of amides is 2. The molecule has 0 aromatic heterocycles. The summed E-state index contributed by atoms with van der Waals surface area (Å²) in [5, 5.41) is 20.0. The Morgan fingerprint density at radius 1 is 1.32 bits per heavy atom. The Labute approximate surface area is 113 Å². The first kappa shape index (κ1) is 17.7. The smallest absolute Gasteiger partial charge is 0.326 e. The highest BCUT2D eigenvalue weighted by molar-refractivity contribution is 5.82. The number of carbonyl (C=O) groups is 2. The Morgan fingerprint density at radius 3 is 2.37 bits per heavy atom. The lowest BCUT2D eigenvalue weighted by molar-refractivity contribution is -0.139. The van der Waals surface area contributed by atoms with Gasteiger partial charge in [-0.05, 0) is 20.3 Å². The fourth-order valence-corrected chi connectivity index (χ4v) is 1.49. The van der Waals surface area contributed by atoms with Gasteiger partial charge in [0.2, 0.25) is 0 Å². The van der Waals surface area contributed by atoms with Gasteiger partial charge in [-0.15, -0.1) is 0 Å². The zero-order chi connectivity index (χ0) is 14.8. The number of carboxylic acids is 1. The molecule has 0 aliphatic heterocycles. The van der Waals surface area contributed by atoms with Gasteiger partial charge < -0.3 is 25.2 Å². The van der Waals surface area contributed by atoms with Gasteiger partial charge in [-0.1, -0.05) is 6.92 Å². The van der Waals surface area contributed by atoms with E-state index in [4.69, 9.17) is 14.9 Å². The molecule has 0 saturated carbocycles. The third kappa shape index (κ3) is 6.97. The molecule has 2 amide bonds. The summed E-state index contributed by atoms with van der Waals surface area (Å²) in [6, 6.07) is -1.37. The highest BCUT2D eigenvalue weighted by atomic mass is 16.5. The number of carbonyl (C=O) groups excluding carboxylic acids is 1. The van der Waals surface area contributed by atoms with E-state index in [1.807, 2.05) is 13.8 Å². The van der Waals surface area contributed by atoms with Crippen molar-refractivity contribution in [2.45, 2.75) is 39.3 Å². The molecule has 112 valence electrons. The minimum Gasteiger partial charge on any atom is -0.480 e. The molecule has 0 spiro atoms. The Bertz CT molecular complexity index is 283. The molecule has 1 atom stereocenters. The summed E-state index contributed by atoms with van der Waals surface area (Å²) in [7, 11) is 0. The van der Waals surface area contributed by atoms with E-state index in [-0.39, 0.29) is 19.3 Å². The molecule has 0 aliphatic carbocycles. The van der Waals surface area contributed by atoms with Gasteiger partial charge in [-0.25, -0.2) is 9.59 Å². The maximum absolute atomic E-state index is 12.0. The topological polar surface area (TPSA) is 99.1 Å². The van der Waals surface area contributed by atoms with Crippen molar-refractivity contribution in [1.82, 2.24) is 10.2 Å². The lowest BCUT2D eigenvalue weighted by Crippen LogP contribution is -2.50. The molecule has 0 radical (unpaired) electrons. The Balaban J connectivity index is 4.36. The summed E-state index contributed by atoms with van der Waals surface area (Å²) >= 11 is 0. The van der Waals surface area contributed by atoms with Crippen LogP contribution in [0.2, 0.25) is 0 Å². The van der Waals surface area contributed by atoms with Crippen LogP contribution in [0.4, 0.5) is 4.79 Å². The average molecular weight is 276 g/mol. The predicted octanol–water partition coefficient (Wildman–Crippen LogP) is 0.279. The maximum atomic E-state index is 12.0. The molecule has 0 fully saturated rings. The largest absolute Gasteiger partial charge is 0.480 e. The number of hydrogen-bond donors (Lipinski definition) is 3. The molecular formula is C12H24N2O5. The quantitative estimate of drug-likeness (QED) is 0.525. The van der Waals surface area contributed by atoms with Crippen LogP contribution in [0.5, 0.6) is 0 Å². The Morgan fingerprint density at radius 2 is 1.95 bits per heavy atom. The van der Waals surface area contributed by atoms with E-state index in [0.717, 1.165) is 0 Å². The third-order valence-electron chi connectivity index (χ3n) is 2.60. The van der Waals surface area contributed by atoms with Gasteiger partial charge in [-0.2, -0.15) is 0 Å². The van der Waals surface area contributed by atoms with Crippen LogP contribution in [-0.4, -0.2) is 65.6 Å². The fraction of sp³-hybridized carbons (Fsp3) is 0.833. The zero-order valence-electron chi connectivity index (χ0n) is 11.8. The summed E-state index contributed by atoms with van der Waals surface area (Å²) in [5.41, 5.74) is 0. The molecule has 0 saturated heterocycles. The van der Waals surface area contributed by atoms with Crippen molar-refractivity contribution in [1.29, 1.82) is 0 Å². The van der Waals surface area contributed by atoms with Crippen LogP contribution in [0.1, 0.15) is 27.2 Å². The van der Waals surface area contributed by atoms with Crippen molar-refractivity contribution in [3.8, 4) is 0 Å². The lowest BCUT2D eigenvalue weighted by Gasteiger charge is -2.28. The van der Waals surface area contributed by atoms with Gasteiger partial charge in [0.05, 0.1) is 19.8 Å². The number of aliphatic hydroxyl groups is 1. The van der Waals surface area contributed by atoms with Crippen LogP contribution < -0.4 is 5.32 Å². The lowest BCUT2D eigenvalue weighted by atomic mass is 10.2. The molecule has 7 heteroatoms. The molecule has 1 unspecified atom stereocenters. The molecule has 0 heterocycles. The average Bonchev–Trinajstić information content (AvgIpc) is 2.34. The van der Waals surface area contributed by atoms with E-state index in [9.17, 15) is 9.59 Å². The third-order valence-corrected chi connectivity index (χ3v) is 2.60. The number of urea groups is 1. The van der Waals surface area contributed by atoms with Gasteiger partial charge in [0, 0.05) is 12.6 Å². The van der Waals surface area contributed by atoms with E-state index >= 15 is 0 Å². The van der Waals surface area contributed by atoms with E-state index in [0.29, 0.717) is 19.6 Å². The summed E-state index contributed by atoms with van der Waals surface area (Å²) < 4.78 is 5.10. The maximum Gasteiger partial charge on any atom is 0.326 e. The van der Waals surface area contributed by atoms with E-state index in [1.165, 1.54) is 4.90 Å². The first-order valence-electron chi connectivity index (χ1n) is 6.42. The second-order valence-corrected chi connectivity index (χ2v) is 4.37. The van der Waals surface area contributed by atoms with Crippen LogP contribution in [-0.2, 0) is 9.53 Å². The fourth-order valence-electron chi connectivity index (χ4n) is 1.49. The molecule has 0 aliphatic rings. The zero-order valence-corrected chi connectivity index (χ0v) is 11.8. The number of rotatable bonds is 9. The molecule has 0 bridgehead atoms. The molecule has 0 aromatic carbocycles. The highest BCUT2D eigenvalue weighted by Gasteiger charge is 2.22. The second kappa shape index (κ2) is 9.57. The van der Waals surface area contributed by atoms with Crippen LogP contribution in [0.25, 0.3) is 0 Å². The van der Waals surface area contributed by atoms with Crippen LogP contribution in [0.3, 0.4) is 0 Å². The number of nitrogens with one attached hydrogen (secondary N) is 1. The SMILES string of the molecule is CCC(NC(=O)N(CCOCCO)C(C)C)C(=O)O. The van der Waals surface area contributed by atoms with Gasteiger partial charge in [0.25, 0.3) is 0 Å². The first-order chi connectivity index (χ1) is 8.93. The molecule has 0 rings (SSSR count). The second-order valence-electron chi connectivity index (χ2n) is 4.37. The van der Waals surface area contributed by atoms with Gasteiger partial charge in [-0.3, -0.25) is 0 Å². The highest BCUT2D eigenvalue weighted by Crippen LogP contribution is 2.01. The predicted molar refractivity (Wildman–Crippen MR) is 70.0 cm³/mol.